The van der Waals surface area contributed by atoms with Crippen LogP contribution in [-0.2, 0) is 4.74 Å². The molecule has 0 bridgehead atoms. The van der Waals surface area contributed by atoms with Crippen molar-refractivity contribution in [1.82, 2.24) is 15.1 Å². The first-order valence-electron chi connectivity index (χ1n) is 6.15. The lowest BCUT2D eigenvalue weighted by Crippen LogP contribution is -2.43. The fourth-order valence-corrected chi connectivity index (χ4v) is 1.84. The highest BCUT2D eigenvalue weighted by atomic mass is 16.5. The maximum Gasteiger partial charge on any atom is 0.319 e. The fraction of sp³-hybridized carbons (Fsp3) is 0.667. The minimum atomic E-state index is -0.251. The predicted molar refractivity (Wildman–Crippen MR) is 68.6 cm³/mol. The number of nitrogens with one attached hydrogen (secondary N) is 2. The van der Waals surface area contributed by atoms with Gasteiger partial charge >= 0.3 is 6.03 Å². The van der Waals surface area contributed by atoms with Crippen LogP contribution in [0.1, 0.15) is 33.2 Å². The van der Waals surface area contributed by atoms with Crippen molar-refractivity contribution in [3.63, 3.8) is 0 Å². The van der Waals surface area contributed by atoms with Crippen LogP contribution in [0.2, 0.25) is 0 Å². The second kappa shape index (κ2) is 4.97. The van der Waals surface area contributed by atoms with Crippen LogP contribution in [0, 0.1) is 0 Å². The molecular formula is C12H20N4O2. The van der Waals surface area contributed by atoms with Crippen LogP contribution in [0.4, 0.5) is 10.5 Å². The normalized spacial score (nSPS) is 19.8. The third-order valence-corrected chi connectivity index (χ3v) is 2.63. The first-order chi connectivity index (χ1) is 8.44. The van der Waals surface area contributed by atoms with Gasteiger partial charge in [0.2, 0.25) is 0 Å². The summed E-state index contributed by atoms with van der Waals surface area (Å²) < 4.78 is 7.15. The van der Waals surface area contributed by atoms with Gasteiger partial charge in [-0.2, -0.15) is 5.10 Å². The fourth-order valence-electron chi connectivity index (χ4n) is 1.84. The summed E-state index contributed by atoms with van der Waals surface area (Å²) in [5.41, 5.74) is 0.447. The Kier molecular flexibility index (Phi) is 3.56. The Labute approximate surface area is 107 Å². The van der Waals surface area contributed by atoms with Crippen LogP contribution in [-0.4, -0.2) is 34.6 Å². The maximum absolute atomic E-state index is 11.7. The minimum absolute atomic E-state index is 0.218. The van der Waals surface area contributed by atoms with E-state index in [-0.39, 0.29) is 17.6 Å². The van der Waals surface area contributed by atoms with Crippen LogP contribution in [0.3, 0.4) is 0 Å². The summed E-state index contributed by atoms with van der Waals surface area (Å²) in [4.78, 5) is 11.7. The van der Waals surface area contributed by atoms with E-state index in [0.717, 1.165) is 13.0 Å². The number of carbonyl (C=O) groups is 1. The quantitative estimate of drug-likeness (QED) is 0.842. The van der Waals surface area contributed by atoms with E-state index in [9.17, 15) is 4.79 Å². The van der Waals surface area contributed by atoms with E-state index in [1.807, 2.05) is 31.6 Å². The minimum Gasteiger partial charge on any atom is -0.379 e. The van der Waals surface area contributed by atoms with E-state index >= 15 is 0 Å². The number of rotatable bonds is 2. The van der Waals surface area contributed by atoms with Crippen molar-refractivity contribution in [2.24, 2.45) is 0 Å². The molecule has 0 saturated carbocycles. The number of carbonyl (C=O) groups excluding carboxylic acids is 1. The summed E-state index contributed by atoms with van der Waals surface area (Å²) in [6.07, 6.45) is 4.46. The molecule has 2 heterocycles. The molecule has 0 radical (unpaired) electrons. The average Bonchev–Trinajstić information content (AvgIpc) is 2.82. The van der Waals surface area contributed by atoms with Gasteiger partial charge in [0.15, 0.2) is 0 Å². The van der Waals surface area contributed by atoms with Gasteiger partial charge in [0, 0.05) is 18.3 Å². The van der Waals surface area contributed by atoms with Crippen LogP contribution >= 0.6 is 0 Å². The van der Waals surface area contributed by atoms with Crippen molar-refractivity contribution in [1.29, 1.82) is 0 Å². The number of amides is 2. The zero-order valence-electron chi connectivity index (χ0n) is 11.1. The van der Waals surface area contributed by atoms with E-state index in [0.29, 0.717) is 12.3 Å². The topological polar surface area (TPSA) is 68.2 Å². The van der Waals surface area contributed by atoms with Gasteiger partial charge in [0.05, 0.1) is 24.5 Å². The molecule has 2 amide bonds. The molecule has 1 aromatic heterocycles. The van der Waals surface area contributed by atoms with Gasteiger partial charge in [-0.25, -0.2) is 4.79 Å². The molecule has 18 heavy (non-hydrogen) atoms. The van der Waals surface area contributed by atoms with Crippen molar-refractivity contribution in [2.75, 3.05) is 18.5 Å². The molecule has 0 aromatic carbocycles. The highest BCUT2D eigenvalue weighted by Crippen LogP contribution is 2.19. The van der Waals surface area contributed by atoms with Gasteiger partial charge in [-0.1, -0.05) is 0 Å². The van der Waals surface area contributed by atoms with Crippen molar-refractivity contribution in [3.8, 4) is 0 Å². The number of anilines is 1. The molecule has 1 fully saturated rings. The molecule has 6 heteroatoms. The predicted octanol–water partition coefficient (Wildman–Crippen LogP) is 1.76. The Bertz CT molecular complexity index is 416. The zero-order chi connectivity index (χ0) is 13.2. The first kappa shape index (κ1) is 12.9. The zero-order valence-corrected chi connectivity index (χ0v) is 11.1. The van der Waals surface area contributed by atoms with Crippen LogP contribution in [0.15, 0.2) is 12.4 Å². The summed E-state index contributed by atoms with van der Waals surface area (Å²) in [5, 5.41) is 9.84. The molecule has 2 rings (SSSR count). The Morgan fingerprint density at radius 2 is 2.33 bits per heavy atom. The number of nitrogens with zero attached hydrogens (tertiary/aromatic N) is 2. The van der Waals surface area contributed by atoms with Gasteiger partial charge in [0.25, 0.3) is 0 Å². The maximum atomic E-state index is 11.7. The van der Waals surface area contributed by atoms with Gasteiger partial charge in [-0.05, 0) is 27.2 Å². The lowest BCUT2D eigenvalue weighted by molar-refractivity contribution is 0.184. The number of hydrogen-bond acceptors (Lipinski definition) is 3. The molecule has 1 atom stereocenters. The molecule has 1 aliphatic heterocycles. The lowest BCUT2D eigenvalue weighted by atomic mass is 10.1. The van der Waals surface area contributed by atoms with Crippen molar-refractivity contribution in [3.05, 3.63) is 12.4 Å². The third kappa shape index (κ3) is 3.46. The third-order valence-electron chi connectivity index (χ3n) is 2.63. The van der Waals surface area contributed by atoms with E-state index in [4.69, 9.17) is 4.74 Å². The smallest absolute Gasteiger partial charge is 0.319 e. The largest absolute Gasteiger partial charge is 0.379 e. The standard InChI is InChI=1S/C12H20N4O2/c1-12(2,3)15-11(17)14-9-6-13-16(7-9)10-4-5-18-8-10/h6-7,10H,4-5,8H2,1-3H3,(H2,14,15,17). The molecule has 1 aromatic rings. The number of ether oxygens (including phenoxy) is 1. The Morgan fingerprint density at radius 1 is 1.56 bits per heavy atom. The molecule has 6 nitrogen and oxygen atoms in total. The molecule has 100 valence electrons. The van der Waals surface area contributed by atoms with Crippen LogP contribution in [0.25, 0.3) is 0 Å². The second-order valence-corrected chi connectivity index (χ2v) is 5.56. The second-order valence-electron chi connectivity index (χ2n) is 5.56. The van der Waals surface area contributed by atoms with Crippen molar-refractivity contribution < 1.29 is 9.53 Å². The lowest BCUT2D eigenvalue weighted by Gasteiger charge is -2.20. The summed E-state index contributed by atoms with van der Waals surface area (Å²) in [5.74, 6) is 0. The molecule has 0 aliphatic carbocycles. The molecule has 1 aliphatic rings. The first-order valence-corrected chi connectivity index (χ1v) is 6.15. The van der Waals surface area contributed by atoms with Crippen molar-refractivity contribution >= 4 is 11.7 Å². The van der Waals surface area contributed by atoms with E-state index in [1.165, 1.54) is 0 Å². The summed E-state index contributed by atoms with van der Waals surface area (Å²) in [6.45, 7) is 7.27. The monoisotopic (exact) mass is 252 g/mol. The molecule has 1 unspecified atom stereocenters. The molecular weight excluding hydrogens is 232 g/mol. The number of hydrogen-bond donors (Lipinski definition) is 2. The Morgan fingerprint density at radius 3 is 2.94 bits per heavy atom. The van der Waals surface area contributed by atoms with Gasteiger partial charge in [-0.3, -0.25) is 4.68 Å². The van der Waals surface area contributed by atoms with Gasteiger partial charge in [-0.15, -0.1) is 0 Å². The van der Waals surface area contributed by atoms with E-state index in [1.54, 1.807) is 6.20 Å². The summed E-state index contributed by atoms with van der Waals surface area (Å²) in [6, 6.07) is 0.0657. The SMILES string of the molecule is CC(C)(C)NC(=O)Nc1cnn(C2CCOC2)c1. The van der Waals surface area contributed by atoms with Gasteiger partial charge in [0.1, 0.15) is 0 Å². The highest BCUT2D eigenvalue weighted by molar-refractivity contribution is 5.89. The average molecular weight is 252 g/mol. The summed E-state index contributed by atoms with van der Waals surface area (Å²) in [7, 11) is 0. The van der Waals surface area contributed by atoms with E-state index < -0.39 is 0 Å². The Balaban J connectivity index is 1.92. The Hall–Kier alpha value is -1.56. The van der Waals surface area contributed by atoms with Crippen molar-refractivity contribution in [2.45, 2.75) is 38.8 Å². The van der Waals surface area contributed by atoms with Gasteiger partial charge < -0.3 is 15.4 Å². The molecule has 1 saturated heterocycles. The number of aromatic nitrogens is 2. The number of urea groups is 1. The molecule has 0 spiro atoms. The molecule has 2 N–H and O–H groups in total. The van der Waals surface area contributed by atoms with Crippen LogP contribution in [0.5, 0.6) is 0 Å². The summed E-state index contributed by atoms with van der Waals surface area (Å²) >= 11 is 0. The highest BCUT2D eigenvalue weighted by Gasteiger charge is 2.19. The van der Waals surface area contributed by atoms with E-state index in [2.05, 4.69) is 15.7 Å². The van der Waals surface area contributed by atoms with Crippen LogP contribution < -0.4 is 10.6 Å².